The molecule has 132 valence electrons. The summed E-state index contributed by atoms with van der Waals surface area (Å²) in [5.41, 5.74) is 2.38. The van der Waals surface area contributed by atoms with E-state index in [1.54, 1.807) is 11.8 Å². The fourth-order valence-corrected chi connectivity index (χ4v) is 3.22. The molecule has 0 unspecified atom stereocenters. The molecule has 2 heterocycles. The molecular weight excluding hydrogens is 328 g/mol. The van der Waals surface area contributed by atoms with Crippen molar-refractivity contribution < 1.29 is 9.59 Å². The van der Waals surface area contributed by atoms with E-state index < -0.39 is 0 Å². The number of benzene rings is 1. The highest BCUT2D eigenvalue weighted by Crippen LogP contribution is 2.22. The number of rotatable bonds is 2. The van der Waals surface area contributed by atoms with Gasteiger partial charge in [0.15, 0.2) is 0 Å². The second kappa shape index (κ2) is 8.35. The Balaban J connectivity index is 0.00000208. The molecule has 1 fully saturated rings. The van der Waals surface area contributed by atoms with Crippen molar-refractivity contribution in [3.63, 3.8) is 0 Å². The van der Waals surface area contributed by atoms with Crippen molar-refractivity contribution in [1.82, 2.24) is 15.1 Å². The van der Waals surface area contributed by atoms with Gasteiger partial charge in [0.05, 0.1) is 6.54 Å². The summed E-state index contributed by atoms with van der Waals surface area (Å²) in [6.07, 6.45) is 0. The summed E-state index contributed by atoms with van der Waals surface area (Å²) in [4.78, 5) is 29.8. The molecule has 6 nitrogen and oxygen atoms in total. The van der Waals surface area contributed by atoms with Crippen LogP contribution in [0.15, 0.2) is 24.3 Å². The van der Waals surface area contributed by atoms with E-state index in [1.807, 2.05) is 17.0 Å². The van der Waals surface area contributed by atoms with Gasteiger partial charge in [-0.15, -0.1) is 12.4 Å². The predicted molar refractivity (Wildman–Crippen MR) is 96.4 cm³/mol. The molecule has 0 radical (unpaired) electrons. The second-order valence-corrected chi connectivity index (χ2v) is 6.11. The zero-order valence-electron chi connectivity index (χ0n) is 14.0. The van der Waals surface area contributed by atoms with Gasteiger partial charge < -0.3 is 20.0 Å². The van der Waals surface area contributed by atoms with Crippen LogP contribution in [0.4, 0.5) is 5.69 Å². The van der Waals surface area contributed by atoms with Gasteiger partial charge in [-0.25, -0.2) is 0 Å². The Morgan fingerprint density at radius 2 is 1.71 bits per heavy atom. The van der Waals surface area contributed by atoms with E-state index in [2.05, 4.69) is 22.3 Å². The number of fused-ring (bicyclic) bond motifs is 1. The molecule has 0 aliphatic carbocycles. The van der Waals surface area contributed by atoms with E-state index in [0.717, 1.165) is 25.3 Å². The molecule has 1 saturated heterocycles. The molecule has 2 amide bonds. The van der Waals surface area contributed by atoms with E-state index in [9.17, 15) is 9.59 Å². The van der Waals surface area contributed by atoms with E-state index >= 15 is 0 Å². The zero-order chi connectivity index (χ0) is 16.2. The second-order valence-electron chi connectivity index (χ2n) is 6.11. The lowest BCUT2D eigenvalue weighted by molar-refractivity contribution is -0.137. The van der Waals surface area contributed by atoms with Crippen molar-refractivity contribution in [3.05, 3.63) is 29.8 Å². The van der Waals surface area contributed by atoms with Crippen molar-refractivity contribution in [3.8, 4) is 0 Å². The van der Waals surface area contributed by atoms with Crippen LogP contribution in [0.5, 0.6) is 0 Å². The summed E-state index contributed by atoms with van der Waals surface area (Å²) in [5.74, 6) is 0.231. The third-order valence-electron chi connectivity index (χ3n) is 4.61. The molecule has 7 heteroatoms. The third kappa shape index (κ3) is 4.19. The minimum Gasteiger partial charge on any atom is -0.361 e. The molecule has 2 aliphatic rings. The highest BCUT2D eigenvalue weighted by Gasteiger charge is 2.25. The molecule has 0 spiro atoms. The van der Waals surface area contributed by atoms with Gasteiger partial charge in [-0.05, 0) is 11.6 Å². The number of para-hydroxylation sites is 1. The Bertz CT molecular complexity index is 588. The van der Waals surface area contributed by atoms with Gasteiger partial charge in [-0.3, -0.25) is 9.59 Å². The largest absolute Gasteiger partial charge is 0.361 e. The molecule has 1 aromatic rings. The number of nitrogens with zero attached hydrogens (tertiary/aromatic N) is 3. The molecule has 3 rings (SSSR count). The first-order valence-corrected chi connectivity index (χ1v) is 8.22. The monoisotopic (exact) mass is 352 g/mol. The van der Waals surface area contributed by atoms with Gasteiger partial charge in [-0.1, -0.05) is 18.2 Å². The lowest BCUT2D eigenvalue weighted by Gasteiger charge is -2.35. The van der Waals surface area contributed by atoms with Crippen LogP contribution >= 0.6 is 12.4 Å². The first kappa shape index (κ1) is 18.5. The lowest BCUT2D eigenvalue weighted by Crippen LogP contribution is -2.52. The van der Waals surface area contributed by atoms with Crippen LogP contribution in [-0.2, 0) is 16.1 Å². The summed E-state index contributed by atoms with van der Waals surface area (Å²) in [6.45, 7) is 7.07. The summed E-state index contributed by atoms with van der Waals surface area (Å²) >= 11 is 0. The minimum atomic E-state index is 0. The van der Waals surface area contributed by atoms with E-state index in [4.69, 9.17) is 0 Å². The number of halogens is 1. The highest BCUT2D eigenvalue weighted by molar-refractivity contribution is 5.85. The SMILES string of the molecule is CC(=O)N1CCN(C(=O)CN2CCNCc3ccccc32)CC1.Cl. The smallest absolute Gasteiger partial charge is 0.242 e. The predicted octanol–water partition coefficient (Wildman–Crippen LogP) is 0.709. The van der Waals surface area contributed by atoms with E-state index in [0.29, 0.717) is 32.7 Å². The fraction of sp³-hybridized carbons (Fsp3) is 0.529. The summed E-state index contributed by atoms with van der Waals surface area (Å²) in [7, 11) is 0. The van der Waals surface area contributed by atoms with Crippen molar-refractivity contribution in [2.75, 3.05) is 50.7 Å². The maximum atomic E-state index is 12.6. The molecular formula is C17H25ClN4O2. The number of piperazine rings is 1. The molecule has 0 saturated carbocycles. The molecule has 1 aromatic carbocycles. The van der Waals surface area contributed by atoms with Gasteiger partial charge in [0.25, 0.3) is 0 Å². The summed E-state index contributed by atoms with van der Waals surface area (Å²) in [6, 6.07) is 8.25. The number of carbonyl (C=O) groups excluding carboxylic acids is 2. The Morgan fingerprint density at radius 1 is 1.04 bits per heavy atom. The number of nitrogens with one attached hydrogen (secondary N) is 1. The maximum Gasteiger partial charge on any atom is 0.242 e. The van der Waals surface area contributed by atoms with Crippen LogP contribution in [0, 0.1) is 0 Å². The van der Waals surface area contributed by atoms with E-state index in [1.165, 1.54) is 5.56 Å². The summed E-state index contributed by atoms with van der Waals surface area (Å²) in [5, 5.41) is 3.39. The Kier molecular flexibility index (Phi) is 6.45. The topological polar surface area (TPSA) is 55.9 Å². The van der Waals surface area contributed by atoms with Gasteiger partial charge in [-0.2, -0.15) is 0 Å². The molecule has 0 atom stereocenters. The van der Waals surface area contributed by atoms with Crippen LogP contribution in [0.3, 0.4) is 0 Å². The number of amides is 2. The Hall–Kier alpha value is -1.79. The lowest BCUT2D eigenvalue weighted by atomic mass is 10.1. The standard InChI is InChI=1S/C17H24N4O2.ClH/c1-14(22)19-8-10-20(11-9-19)17(23)13-21-7-6-18-12-15-4-2-3-5-16(15)21;/h2-5,18H,6-13H2,1H3;1H. The van der Waals surface area contributed by atoms with Crippen LogP contribution < -0.4 is 10.2 Å². The number of anilines is 1. The normalized spacial score (nSPS) is 17.6. The third-order valence-corrected chi connectivity index (χ3v) is 4.61. The van der Waals surface area contributed by atoms with Crippen molar-refractivity contribution in [2.45, 2.75) is 13.5 Å². The van der Waals surface area contributed by atoms with Gasteiger partial charge in [0, 0.05) is 58.4 Å². The molecule has 24 heavy (non-hydrogen) atoms. The van der Waals surface area contributed by atoms with Crippen molar-refractivity contribution in [1.29, 1.82) is 0 Å². The minimum absolute atomic E-state index is 0. The van der Waals surface area contributed by atoms with Crippen LogP contribution in [0.2, 0.25) is 0 Å². The van der Waals surface area contributed by atoms with Gasteiger partial charge in [0.2, 0.25) is 11.8 Å². The average molecular weight is 353 g/mol. The molecule has 0 aromatic heterocycles. The quantitative estimate of drug-likeness (QED) is 0.851. The highest BCUT2D eigenvalue weighted by atomic mass is 35.5. The van der Waals surface area contributed by atoms with Crippen LogP contribution in [0.25, 0.3) is 0 Å². The Morgan fingerprint density at radius 3 is 2.42 bits per heavy atom. The number of carbonyl (C=O) groups is 2. The van der Waals surface area contributed by atoms with Gasteiger partial charge >= 0.3 is 0 Å². The van der Waals surface area contributed by atoms with Crippen molar-refractivity contribution in [2.24, 2.45) is 0 Å². The first-order chi connectivity index (χ1) is 11.1. The number of hydrogen-bond acceptors (Lipinski definition) is 4. The first-order valence-electron chi connectivity index (χ1n) is 8.22. The van der Waals surface area contributed by atoms with Gasteiger partial charge in [0.1, 0.15) is 0 Å². The fourth-order valence-electron chi connectivity index (χ4n) is 3.22. The van der Waals surface area contributed by atoms with Crippen molar-refractivity contribution >= 4 is 29.9 Å². The van der Waals surface area contributed by atoms with E-state index in [-0.39, 0.29) is 24.2 Å². The Labute approximate surface area is 149 Å². The zero-order valence-corrected chi connectivity index (χ0v) is 14.8. The maximum absolute atomic E-state index is 12.6. The van der Waals surface area contributed by atoms with Crippen LogP contribution in [0.1, 0.15) is 12.5 Å². The van der Waals surface area contributed by atoms with Crippen LogP contribution in [-0.4, -0.2) is 67.4 Å². The molecule has 2 aliphatic heterocycles. The number of hydrogen-bond donors (Lipinski definition) is 1. The summed E-state index contributed by atoms with van der Waals surface area (Å²) < 4.78 is 0. The average Bonchev–Trinajstić information content (AvgIpc) is 2.77. The molecule has 1 N–H and O–H groups in total. The molecule has 0 bridgehead atoms.